The van der Waals surface area contributed by atoms with E-state index in [1.54, 1.807) is 18.7 Å². The second-order valence-corrected chi connectivity index (χ2v) is 9.91. The molecular formula is C24H39BrO5S. The Morgan fingerprint density at radius 1 is 1.23 bits per heavy atom. The molecule has 0 bridgehead atoms. The normalized spacial score (nSPS) is 11.8. The molecule has 0 aliphatic heterocycles. The number of aryl methyl sites for hydroxylation is 1. The molecule has 0 amide bonds. The van der Waals surface area contributed by atoms with E-state index in [9.17, 15) is 9.59 Å². The maximum atomic E-state index is 11.4. The Balaban J connectivity index is 0.00000161. The maximum Gasteiger partial charge on any atom is 0.315 e. The van der Waals surface area contributed by atoms with Gasteiger partial charge in [-0.1, -0.05) is 67.4 Å². The van der Waals surface area contributed by atoms with Crippen molar-refractivity contribution in [3.8, 4) is 0 Å². The highest BCUT2D eigenvalue weighted by Crippen LogP contribution is 2.28. The molecule has 1 aromatic carbocycles. The van der Waals surface area contributed by atoms with E-state index < -0.39 is 0 Å². The van der Waals surface area contributed by atoms with Crippen molar-refractivity contribution in [3.05, 3.63) is 35.4 Å². The van der Waals surface area contributed by atoms with Gasteiger partial charge in [0.25, 0.3) is 6.47 Å². The molecule has 0 aromatic heterocycles. The van der Waals surface area contributed by atoms with Crippen molar-refractivity contribution in [2.45, 2.75) is 58.7 Å². The fourth-order valence-electron chi connectivity index (χ4n) is 2.66. The Bertz CT molecular complexity index is 609. The molecule has 1 unspecified atom stereocenters. The van der Waals surface area contributed by atoms with Crippen LogP contribution in [0, 0.1) is 5.41 Å². The number of hydrogen-bond acceptors (Lipinski definition) is 6. The second-order valence-electron chi connectivity index (χ2n) is 7.82. The molecule has 0 N–H and O–H groups in total. The first kappa shape index (κ1) is 29.9. The zero-order valence-electron chi connectivity index (χ0n) is 19.7. The van der Waals surface area contributed by atoms with Gasteiger partial charge in [-0.2, -0.15) is 0 Å². The van der Waals surface area contributed by atoms with Crippen molar-refractivity contribution < 1.29 is 23.8 Å². The minimum absolute atomic E-state index is 0.0417. The predicted molar refractivity (Wildman–Crippen MR) is 133 cm³/mol. The van der Waals surface area contributed by atoms with E-state index in [0.29, 0.717) is 36.9 Å². The molecule has 7 heteroatoms. The van der Waals surface area contributed by atoms with Crippen LogP contribution in [0.15, 0.2) is 24.3 Å². The summed E-state index contributed by atoms with van der Waals surface area (Å²) < 4.78 is 15.0. The highest BCUT2D eigenvalue weighted by atomic mass is 79.9. The highest BCUT2D eigenvalue weighted by Gasteiger charge is 2.19. The molecular weight excluding hydrogens is 480 g/mol. The summed E-state index contributed by atoms with van der Waals surface area (Å²) >= 11 is 5.40. The molecule has 5 nitrogen and oxygen atoms in total. The van der Waals surface area contributed by atoms with Gasteiger partial charge in [0.15, 0.2) is 0 Å². The fraction of sp³-hybridized carbons (Fsp3) is 0.667. The molecule has 0 aliphatic carbocycles. The Morgan fingerprint density at radius 3 is 2.55 bits per heavy atom. The summed E-state index contributed by atoms with van der Waals surface area (Å²) in [6, 6.07) is 8.80. The second kappa shape index (κ2) is 18.5. The van der Waals surface area contributed by atoms with Crippen LogP contribution in [0.5, 0.6) is 0 Å². The number of carbonyl (C=O) groups excluding carboxylic acids is 2. The lowest BCUT2D eigenvalue weighted by molar-refractivity contribution is -0.139. The van der Waals surface area contributed by atoms with Gasteiger partial charge in [-0.25, -0.2) is 0 Å². The molecule has 0 radical (unpaired) electrons. The summed E-state index contributed by atoms with van der Waals surface area (Å²) in [5, 5.41) is 0. The monoisotopic (exact) mass is 518 g/mol. The number of ether oxygens (including phenoxy) is 3. The number of rotatable bonds is 15. The van der Waals surface area contributed by atoms with Gasteiger partial charge in [0.1, 0.15) is 0 Å². The van der Waals surface area contributed by atoms with E-state index in [-0.39, 0.29) is 11.4 Å². The minimum atomic E-state index is -0.137. The van der Waals surface area contributed by atoms with E-state index in [4.69, 9.17) is 9.47 Å². The quantitative estimate of drug-likeness (QED) is 0.123. The number of esters is 1. The smallest absolute Gasteiger partial charge is 0.315 e. The SMILES string of the molecule is CCCc1cccc(C(Br)CCOCC(C)(C)CSCC(=O)OCC)c1.CCOC=O. The van der Waals surface area contributed by atoms with Crippen molar-refractivity contribution in [3.63, 3.8) is 0 Å². The first-order chi connectivity index (χ1) is 14.8. The van der Waals surface area contributed by atoms with Gasteiger partial charge in [-0.15, -0.1) is 11.8 Å². The van der Waals surface area contributed by atoms with E-state index in [0.717, 1.165) is 25.2 Å². The molecule has 1 rings (SSSR count). The van der Waals surface area contributed by atoms with Gasteiger partial charge in [0, 0.05) is 17.2 Å². The summed E-state index contributed by atoms with van der Waals surface area (Å²) in [6.45, 7) is 12.9. The summed E-state index contributed by atoms with van der Waals surface area (Å²) in [4.78, 5) is 20.9. The van der Waals surface area contributed by atoms with Crippen molar-refractivity contribution in [1.82, 2.24) is 0 Å². The zero-order valence-corrected chi connectivity index (χ0v) is 22.1. The molecule has 0 fully saturated rings. The molecule has 0 spiro atoms. The van der Waals surface area contributed by atoms with Gasteiger partial charge in [0.2, 0.25) is 0 Å². The lowest BCUT2D eigenvalue weighted by atomic mass is 9.98. The Kier molecular flexibility index (Phi) is 17.9. The highest BCUT2D eigenvalue weighted by molar-refractivity contribution is 9.09. The number of alkyl halides is 1. The van der Waals surface area contributed by atoms with Gasteiger partial charge in [0.05, 0.1) is 25.6 Å². The number of hydrogen-bond donors (Lipinski definition) is 0. The summed E-state index contributed by atoms with van der Waals surface area (Å²) in [5.74, 6) is 1.15. The summed E-state index contributed by atoms with van der Waals surface area (Å²) in [5.41, 5.74) is 2.76. The first-order valence-electron chi connectivity index (χ1n) is 10.9. The zero-order chi connectivity index (χ0) is 23.5. The van der Waals surface area contributed by atoms with E-state index in [1.165, 1.54) is 17.5 Å². The minimum Gasteiger partial charge on any atom is -0.468 e. The molecule has 1 aromatic rings. The molecule has 0 saturated heterocycles. The van der Waals surface area contributed by atoms with Crippen molar-refractivity contribution in [2.24, 2.45) is 5.41 Å². The van der Waals surface area contributed by atoms with E-state index in [1.807, 2.05) is 6.92 Å². The van der Waals surface area contributed by atoms with Crippen LogP contribution < -0.4 is 0 Å². The van der Waals surface area contributed by atoms with Crippen LogP contribution in [-0.2, 0) is 30.2 Å². The van der Waals surface area contributed by atoms with Crippen LogP contribution in [0.3, 0.4) is 0 Å². The summed E-state index contributed by atoms with van der Waals surface area (Å²) in [7, 11) is 0. The summed E-state index contributed by atoms with van der Waals surface area (Å²) in [6.07, 6.45) is 3.24. The van der Waals surface area contributed by atoms with Crippen molar-refractivity contribution in [1.29, 1.82) is 0 Å². The standard InChI is InChI=1S/C21H33BrO3S.C3H6O2/c1-5-8-17-9-7-10-18(13-17)19(22)11-12-24-15-21(3,4)16-26-14-20(23)25-6-2;1-2-5-3-4/h7,9-10,13,19H,5-6,8,11-12,14-16H2,1-4H3;3H,2H2,1H3. The van der Waals surface area contributed by atoms with Crippen molar-refractivity contribution in [2.75, 3.05) is 37.9 Å². The number of thioether (sulfide) groups is 1. The Hall–Kier alpha value is -1.05. The van der Waals surface area contributed by atoms with Gasteiger partial charge < -0.3 is 14.2 Å². The average molecular weight is 520 g/mol. The fourth-order valence-corrected chi connectivity index (χ4v) is 4.12. The third-order valence-electron chi connectivity index (χ3n) is 4.11. The predicted octanol–water partition coefficient (Wildman–Crippen LogP) is 5.98. The largest absolute Gasteiger partial charge is 0.468 e. The van der Waals surface area contributed by atoms with Gasteiger partial charge in [-0.05, 0) is 43.2 Å². The molecule has 0 aliphatic rings. The van der Waals surface area contributed by atoms with Crippen LogP contribution >= 0.6 is 27.7 Å². The van der Waals surface area contributed by atoms with Gasteiger partial charge in [-0.3, -0.25) is 9.59 Å². The molecule has 0 saturated carbocycles. The van der Waals surface area contributed by atoms with E-state index in [2.05, 4.69) is 65.7 Å². The van der Waals surface area contributed by atoms with Crippen molar-refractivity contribution >= 4 is 40.1 Å². The van der Waals surface area contributed by atoms with Crippen LogP contribution in [0.2, 0.25) is 0 Å². The van der Waals surface area contributed by atoms with Crippen LogP contribution in [0.25, 0.3) is 0 Å². The number of halogens is 1. The van der Waals surface area contributed by atoms with Crippen LogP contribution in [0.4, 0.5) is 0 Å². The molecule has 1 atom stereocenters. The van der Waals surface area contributed by atoms with Gasteiger partial charge >= 0.3 is 5.97 Å². The Labute approximate surface area is 201 Å². The first-order valence-corrected chi connectivity index (χ1v) is 13.0. The lowest BCUT2D eigenvalue weighted by Crippen LogP contribution is -2.23. The Morgan fingerprint density at radius 2 is 1.97 bits per heavy atom. The molecule has 0 heterocycles. The average Bonchev–Trinajstić information content (AvgIpc) is 2.73. The third kappa shape index (κ3) is 16.3. The van der Waals surface area contributed by atoms with Crippen LogP contribution in [-0.4, -0.2) is 50.4 Å². The number of carbonyl (C=O) groups is 2. The topological polar surface area (TPSA) is 61.8 Å². The van der Waals surface area contributed by atoms with E-state index >= 15 is 0 Å². The third-order valence-corrected chi connectivity index (χ3v) is 6.52. The molecule has 31 heavy (non-hydrogen) atoms. The number of benzene rings is 1. The van der Waals surface area contributed by atoms with Crippen LogP contribution in [0.1, 0.15) is 63.4 Å². The maximum absolute atomic E-state index is 11.4. The lowest BCUT2D eigenvalue weighted by Gasteiger charge is -2.24. The molecule has 178 valence electrons.